The Morgan fingerprint density at radius 1 is 1.35 bits per heavy atom. The van der Waals surface area contributed by atoms with Crippen LogP contribution in [0.4, 0.5) is 0 Å². The van der Waals surface area contributed by atoms with Crippen molar-refractivity contribution in [2.45, 2.75) is 20.4 Å². The highest BCUT2D eigenvalue weighted by atomic mass is 16.5. The molecular weight excluding hydrogens is 216 g/mol. The molecule has 0 radical (unpaired) electrons. The van der Waals surface area contributed by atoms with Crippen LogP contribution in [0, 0.1) is 13.8 Å². The summed E-state index contributed by atoms with van der Waals surface area (Å²) in [5.74, 6) is 2.08. The van der Waals surface area contributed by atoms with Crippen LogP contribution in [0.3, 0.4) is 0 Å². The molecule has 2 aromatic rings. The zero-order chi connectivity index (χ0) is 12.4. The van der Waals surface area contributed by atoms with Gasteiger partial charge in [0, 0.05) is 12.5 Å². The minimum atomic E-state index is 0.327. The average molecular weight is 232 g/mol. The summed E-state index contributed by atoms with van der Waals surface area (Å²) >= 11 is 0. The topological polar surface area (TPSA) is 61.3 Å². The number of aryl methyl sites for hydroxylation is 2. The molecule has 0 fully saturated rings. The maximum absolute atomic E-state index is 5.66. The number of aromatic nitrogens is 1. The molecule has 0 spiro atoms. The van der Waals surface area contributed by atoms with E-state index in [0.29, 0.717) is 18.2 Å². The zero-order valence-corrected chi connectivity index (χ0v) is 10.3. The molecule has 0 amide bonds. The summed E-state index contributed by atoms with van der Waals surface area (Å²) in [5, 5.41) is 0. The summed E-state index contributed by atoms with van der Waals surface area (Å²) < 4.78 is 10.8. The van der Waals surface area contributed by atoms with Gasteiger partial charge in [-0.2, -0.15) is 0 Å². The van der Waals surface area contributed by atoms with E-state index in [-0.39, 0.29) is 0 Å². The van der Waals surface area contributed by atoms with Crippen molar-refractivity contribution in [3.05, 3.63) is 35.4 Å². The lowest BCUT2D eigenvalue weighted by Crippen LogP contribution is -1.98. The minimum absolute atomic E-state index is 0.327. The molecule has 0 aliphatic rings. The molecule has 0 saturated heterocycles. The molecule has 0 aliphatic carbocycles. The molecule has 2 N–H and O–H groups in total. The van der Waals surface area contributed by atoms with Gasteiger partial charge in [0.15, 0.2) is 5.89 Å². The van der Waals surface area contributed by atoms with Gasteiger partial charge in [0.25, 0.3) is 0 Å². The molecule has 4 heteroatoms. The Balaban J connectivity index is 2.61. The van der Waals surface area contributed by atoms with E-state index in [2.05, 4.69) is 4.98 Å². The standard InChI is InChI=1S/C13H16N2O2/c1-8-4-5-11(16-3)10(6-8)13-12(7-14)17-9(2)15-13/h4-6H,7,14H2,1-3H3. The van der Waals surface area contributed by atoms with Crippen molar-refractivity contribution >= 4 is 0 Å². The SMILES string of the molecule is COc1ccc(C)cc1-c1nc(C)oc1CN. The van der Waals surface area contributed by atoms with Crippen molar-refractivity contribution in [2.75, 3.05) is 7.11 Å². The van der Waals surface area contributed by atoms with E-state index in [1.807, 2.05) is 32.0 Å². The third kappa shape index (κ3) is 2.17. The molecule has 4 nitrogen and oxygen atoms in total. The normalized spacial score (nSPS) is 10.6. The second-order valence-corrected chi connectivity index (χ2v) is 3.91. The maximum Gasteiger partial charge on any atom is 0.191 e. The first kappa shape index (κ1) is 11.7. The van der Waals surface area contributed by atoms with E-state index in [1.54, 1.807) is 7.11 Å². The Labute approximate surface area is 100 Å². The van der Waals surface area contributed by atoms with Gasteiger partial charge in [0.1, 0.15) is 17.2 Å². The average Bonchev–Trinajstić information content (AvgIpc) is 2.70. The largest absolute Gasteiger partial charge is 0.496 e. The molecule has 0 saturated carbocycles. The predicted molar refractivity (Wildman–Crippen MR) is 65.9 cm³/mol. The molecule has 1 aromatic heterocycles. The van der Waals surface area contributed by atoms with E-state index in [4.69, 9.17) is 14.9 Å². The van der Waals surface area contributed by atoms with Crippen molar-refractivity contribution in [1.82, 2.24) is 4.98 Å². The third-order valence-corrected chi connectivity index (χ3v) is 2.60. The number of benzene rings is 1. The summed E-state index contributed by atoms with van der Waals surface area (Å²) in [6, 6.07) is 5.95. The van der Waals surface area contributed by atoms with Gasteiger partial charge in [-0.15, -0.1) is 0 Å². The molecule has 1 aromatic carbocycles. The van der Waals surface area contributed by atoms with Gasteiger partial charge in [-0.05, 0) is 19.1 Å². The highest BCUT2D eigenvalue weighted by Crippen LogP contribution is 2.32. The van der Waals surface area contributed by atoms with Gasteiger partial charge in [-0.1, -0.05) is 11.6 Å². The number of nitrogens with two attached hydrogens (primary N) is 1. The van der Waals surface area contributed by atoms with E-state index < -0.39 is 0 Å². The van der Waals surface area contributed by atoms with Crippen molar-refractivity contribution < 1.29 is 9.15 Å². The van der Waals surface area contributed by atoms with Gasteiger partial charge >= 0.3 is 0 Å². The Morgan fingerprint density at radius 3 is 2.76 bits per heavy atom. The zero-order valence-electron chi connectivity index (χ0n) is 10.3. The highest BCUT2D eigenvalue weighted by Gasteiger charge is 2.15. The summed E-state index contributed by atoms with van der Waals surface area (Å²) in [5.41, 5.74) is 8.49. The summed E-state index contributed by atoms with van der Waals surface area (Å²) in [4.78, 5) is 4.37. The number of oxazole rings is 1. The van der Waals surface area contributed by atoms with Gasteiger partial charge in [-0.25, -0.2) is 4.98 Å². The second-order valence-electron chi connectivity index (χ2n) is 3.91. The first-order valence-electron chi connectivity index (χ1n) is 5.47. The fraction of sp³-hybridized carbons (Fsp3) is 0.308. The van der Waals surface area contributed by atoms with Gasteiger partial charge in [0.05, 0.1) is 13.7 Å². The summed E-state index contributed by atoms with van der Waals surface area (Å²) in [6.07, 6.45) is 0. The Bertz CT molecular complexity index is 532. The van der Waals surface area contributed by atoms with Crippen LogP contribution in [0.25, 0.3) is 11.3 Å². The molecular formula is C13H16N2O2. The highest BCUT2D eigenvalue weighted by molar-refractivity contribution is 5.69. The maximum atomic E-state index is 5.66. The lowest BCUT2D eigenvalue weighted by Gasteiger charge is -2.07. The number of ether oxygens (including phenoxy) is 1. The van der Waals surface area contributed by atoms with Crippen LogP contribution in [-0.4, -0.2) is 12.1 Å². The number of hydrogen-bond donors (Lipinski definition) is 1. The third-order valence-electron chi connectivity index (χ3n) is 2.60. The monoisotopic (exact) mass is 232 g/mol. The Hall–Kier alpha value is -1.81. The van der Waals surface area contributed by atoms with Crippen LogP contribution in [-0.2, 0) is 6.54 Å². The second kappa shape index (κ2) is 4.59. The van der Waals surface area contributed by atoms with Crippen molar-refractivity contribution in [1.29, 1.82) is 0 Å². The molecule has 90 valence electrons. The van der Waals surface area contributed by atoms with Crippen LogP contribution in [0.15, 0.2) is 22.6 Å². The Morgan fingerprint density at radius 2 is 2.12 bits per heavy atom. The number of rotatable bonds is 3. The van der Waals surface area contributed by atoms with Crippen molar-refractivity contribution in [2.24, 2.45) is 5.73 Å². The molecule has 0 unspecified atom stereocenters. The van der Waals surface area contributed by atoms with Gasteiger partial charge < -0.3 is 14.9 Å². The van der Waals surface area contributed by atoms with Crippen LogP contribution < -0.4 is 10.5 Å². The number of hydrogen-bond acceptors (Lipinski definition) is 4. The van der Waals surface area contributed by atoms with Gasteiger partial charge in [0.2, 0.25) is 0 Å². The molecule has 0 aliphatic heterocycles. The lowest BCUT2D eigenvalue weighted by atomic mass is 10.1. The van der Waals surface area contributed by atoms with E-state index >= 15 is 0 Å². The Kier molecular flexibility index (Phi) is 3.15. The van der Waals surface area contributed by atoms with Crippen LogP contribution in [0.5, 0.6) is 5.75 Å². The van der Waals surface area contributed by atoms with Crippen molar-refractivity contribution in [3.63, 3.8) is 0 Å². The molecule has 0 atom stereocenters. The first-order valence-corrected chi connectivity index (χ1v) is 5.47. The lowest BCUT2D eigenvalue weighted by molar-refractivity contribution is 0.416. The summed E-state index contributed by atoms with van der Waals surface area (Å²) in [6.45, 7) is 4.16. The number of nitrogens with zero attached hydrogens (tertiary/aromatic N) is 1. The van der Waals surface area contributed by atoms with Gasteiger partial charge in [-0.3, -0.25) is 0 Å². The predicted octanol–water partition coefficient (Wildman–Crippen LogP) is 2.43. The fourth-order valence-corrected chi connectivity index (χ4v) is 1.82. The van der Waals surface area contributed by atoms with Crippen LogP contribution in [0.1, 0.15) is 17.2 Å². The van der Waals surface area contributed by atoms with Crippen LogP contribution in [0.2, 0.25) is 0 Å². The first-order chi connectivity index (χ1) is 8.15. The fourth-order valence-electron chi connectivity index (χ4n) is 1.82. The molecule has 17 heavy (non-hydrogen) atoms. The molecule has 2 rings (SSSR count). The number of methoxy groups -OCH3 is 1. The molecule has 0 bridgehead atoms. The van der Waals surface area contributed by atoms with E-state index in [1.165, 1.54) is 0 Å². The molecule has 1 heterocycles. The van der Waals surface area contributed by atoms with Crippen molar-refractivity contribution in [3.8, 4) is 17.0 Å². The summed E-state index contributed by atoms with van der Waals surface area (Å²) in [7, 11) is 1.64. The smallest absolute Gasteiger partial charge is 0.191 e. The van der Waals surface area contributed by atoms with E-state index in [0.717, 1.165) is 22.6 Å². The minimum Gasteiger partial charge on any atom is -0.496 e. The van der Waals surface area contributed by atoms with Crippen LogP contribution >= 0.6 is 0 Å². The van der Waals surface area contributed by atoms with E-state index in [9.17, 15) is 0 Å². The quantitative estimate of drug-likeness (QED) is 0.882.